The Bertz CT molecular complexity index is 1020. The van der Waals surface area contributed by atoms with Crippen molar-refractivity contribution in [2.24, 2.45) is 4.99 Å². The molecule has 0 saturated heterocycles. The molecule has 27 heavy (non-hydrogen) atoms. The van der Waals surface area contributed by atoms with E-state index < -0.39 is 0 Å². The Kier molecular flexibility index (Phi) is 6.37. The van der Waals surface area contributed by atoms with E-state index in [-0.39, 0.29) is 11.5 Å². The molecule has 3 rings (SSSR count). The van der Waals surface area contributed by atoms with Gasteiger partial charge >= 0.3 is 0 Å². The molecule has 0 fully saturated rings. The molecule has 3 nitrogen and oxygen atoms in total. The molecule has 134 valence electrons. The zero-order chi connectivity index (χ0) is 19.2. The van der Waals surface area contributed by atoms with Gasteiger partial charge in [-0.1, -0.05) is 62.2 Å². The summed E-state index contributed by atoms with van der Waals surface area (Å²) in [6.07, 6.45) is 4.90. The van der Waals surface area contributed by atoms with Gasteiger partial charge in [-0.2, -0.15) is 0 Å². The predicted octanol–water partition coefficient (Wildman–Crippen LogP) is 6.56. The van der Waals surface area contributed by atoms with Gasteiger partial charge in [0, 0.05) is 26.3 Å². The first kappa shape index (κ1) is 19.3. The van der Waals surface area contributed by atoms with Crippen molar-refractivity contribution in [2.45, 2.75) is 0 Å². The zero-order valence-corrected chi connectivity index (χ0v) is 17.3. The lowest BCUT2D eigenvalue weighted by molar-refractivity contribution is 0.104. The molecule has 0 aliphatic rings. The minimum absolute atomic E-state index is 0.0970. The van der Waals surface area contributed by atoms with Crippen LogP contribution < -0.4 is 0 Å². The number of ketones is 1. The minimum Gasteiger partial charge on any atom is -0.507 e. The molecule has 0 amide bonds. The first-order chi connectivity index (χ1) is 13.0. The Morgan fingerprint density at radius 1 is 0.926 bits per heavy atom. The van der Waals surface area contributed by atoms with Crippen molar-refractivity contribution in [3.8, 4) is 5.75 Å². The number of phenolic OH excluding ortho intramolecular Hbond substituents is 1. The van der Waals surface area contributed by atoms with Crippen molar-refractivity contribution in [1.82, 2.24) is 0 Å². The SMILES string of the molecule is O=C(C=Cc1ccc(Br)cc1)c1cccc(N=Cc2cc(Br)ccc2O)c1. The van der Waals surface area contributed by atoms with Crippen LogP contribution in [0.4, 0.5) is 5.69 Å². The maximum atomic E-state index is 12.4. The topological polar surface area (TPSA) is 49.7 Å². The van der Waals surface area contributed by atoms with Crippen LogP contribution in [0, 0.1) is 0 Å². The second kappa shape index (κ2) is 8.93. The summed E-state index contributed by atoms with van der Waals surface area (Å²) in [5.41, 5.74) is 2.73. The van der Waals surface area contributed by atoms with E-state index in [1.54, 1.807) is 60.8 Å². The molecule has 0 radical (unpaired) electrons. The van der Waals surface area contributed by atoms with Crippen molar-refractivity contribution in [3.05, 3.63) is 98.4 Å². The number of hydrogen-bond donors (Lipinski definition) is 1. The lowest BCUT2D eigenvalue weighted by atomic mass is 10.1. The third-order valence-electron chi connectivity index (χ3n) is 3.77. The van der Waals surface area contributed by atoms with Crippen molar-refractivity contribution in [2.75, 3.05) is 0 Å². The number of allylic oxidation sites excluding steroid dienone is 1. The largest absolute Gasteiger partial charge is 0.507 e. The van der Waals surface area contributed by atoms with Crippen LogP contribution in [0.1, 0.15) is 21.5 Å². The Balaban J connectivity index is 1.76. The molecule has 0 aromatic heterocycles. The lowest BCUT2D eigenvalue weighted by Crippen LogP contribution is -1.93. The Morgan fingerprint density at radius 3 is 2.44 bits per heavy atom. The lowest BCUT2D eigenvalue weighted by Gasteiger charge is -2.01. The number of benzene rings is 3. The number of carbonyl (C=O) groups is 1. The summed E-state index contributed by atoms with van der Waals surface area (Å²) in [4.78, 5) is 16.8. The summed E-state index contributed by atoms with van der Waals surface area (Å²) < 4.78 is 1.84. The Hall–Kier alpha value is -2.50. The number of aliphatic imine (C=N–C) groups is 1. The summed E-state index contributed by atoms with van der Waals surface area (Å²) in [5, 5.41) is 9.87. The number of phenols is 1. The standard InChI is InChI=1S/C22H15Br2NO2/c23-18-7-4-15(5-8-18)6-10-21(26)16-2-1-3-20(13-16)25-14-17-12-19(24)9-11-22(17)27/h1-14,27H. The van der Waals surface area contributed by atoms with Crippen LogP contribution in [0.5, 0.6) is 5.75 Å². The minimum atomic E-state index is -0.0970. The maximum absolute atomic E-state index is 12.4. The summed E-state index contributed by atoms with van der Waals surface area (Å²) in [6.45, 7) is 0. The second-order valence-corrected chi connectivity index (χ2v) is 7.59. The molecule has 0 saturated carbocycles. The summed E-state index contributed by atoms with van der Waals surface area (Å²) >= 11 is 6.75. The van der Waals surface area contributed by atoms with Crippen molar-refractivity contribution in [3.63, 3.8) is 0 Å². The Labute approximate surface area is 174 Å². The van der Waals surface area contributed by atoms with E-state index >= 15 is 0 Å². The van der Waals surface area contributed by atoms with E-state index in [4.69, 9.17) is 0 Å². The van der Waals surface area contributed by atoms with Crippen LogP contribution in [-0.4, -0.2) is 17.1 Å². The fourth-order valence-electron chi connectivity index (χ4n) is 2.35. The number of hydrogen-bond acceptors (Lipinski definition) is 3. The molecule has 1 N–H and O–H groups in total. The molecule has 3 aromatic rings. The molecule has 5 heteroatoms. The van der Waals surface area contributed by atoms with Gasteiger partial charge in [-0.25, -0.2) is 0 Å². The van der Waals surface area contributed by atoms with E-state index in [1.807, 2.05) is 24.3 Å². The summed E-state index contributed by atoms with van der Waals surface area (Å²) in [6, 6.07) is 19.9. The first-order valence-corrected chi connectivity index (χ1v) is 9.70. The molecular weight excluding hydrogens is 470 g/mol. The van der Waals surface area contributed by atoms with Crippen LogP contribution >= 0.6 is 31.9 Å². The third-order valence-corrected chi connectivity index (χ3v) is 4.79. The van der Waals surface area contributed by atoms with Gasteiger partial charge < -0.3 is 5.11 Å². The fraction of sp³-hybridized carbons (Fsp3) is 0. The molecule has 0 aliphatic carbocycles. The van der Waals surface area contributed by atoms with Crippen LogP contribution in [0.2, 0.25) is 0 Å². The normalized spacial score (nSPS) is 11.3. The molecule has 3 aromatic carbocycles. The second-order valence-electron chi connectivity index (χ2n) is 5.76. The van der Waals surface area contributed by atoms with E-state index in [1.165, 1.54) is 0 Å². The molecule has 0 heterocycles. The van der Waals surface area contributed by atoms with Gasteiger partial charge in [0.25, 0.3) is 0 Å². The van der Waals surface area contributed by atoms with Gasteiger partial charge in [-0.05, 0) is 54.1 Å². The summed E-state index contributed by atoms with van der Waals surface area (Å²) in [7, 11) is 0. The summed E-state index contributed by atoms with van der Waals surface area (Å²) in [5.74, 6) is 0.0480. The van der Waals surface area contributed by atoms with E-state index in [9.17, 15) is 9.90 Å². The molecule has 0 atom stereocenters. The van der Waals surface area contributed by atoms with Crippen LogP contribution in [0.15, 0.2) is 86.7 Å². The average Bonchev–Trinajstić information content (AvgIpc) is 2.68. The molecule has 0 bridgehead atoms. The number of carbonyl (C=O) groups excluding carboxylic acids is 1. The van der Waals surface area contributed by atoms with Crippen molar-refractivity contribution in [1.29, 1.82) is 0 Å². The van der Waals surface area contributed by atoms with Gasteiger partial charge in [-0.15, -0.1) is 0 Å². The number of rotatable bonds is 5. The highest BCUT2D eigenvalue weighted by Gasteiger charge is 2.03. The highest BCUT2D eigenvalue weighted by atomic mass is 79.9. The van der Waals surface area contributed by atoms with Gasteiger partial charge in [-0.3, -0.25) is 9.79 Å². The average molecular weight is 485 g/mol. The Morgan fingerprint density at radius 2 is 1.67 bits per heavy atom. The highest BCUT2D eigenvalue weighted by molar-refractivity contribution is 9.10. The van der Waals surface area contributed by atoms with E-state index in [0.29, 0.717) is 16.8 Å². The van der Waals surface area contributed by atoms with Gasteiger partial charge in [0.2, 0.25) is 0 Å². The monoisotopic (exact) mass is 483 g/mol. The quantitative estimate of drug-likeness (QED) is 0.253. The highest BCUT2D eigenvalue weighted by Crippen LogP contribution is 2.22. The third kappa shape index (κ3) is 5.49. The van der Waals surface area contributed by atoms with Gasteiger partial charge in [0.1, 0.15) is 5.75 Å². The molecule has 0 unspecified atom stereocenters. The number of nitrogens with zero attached hydrogens (tertiary/aromatic N) is 1. The van der Waals surface area contributed by atoms with Gasteiger partial charge in [0.15, 0.2) is 5.78 Å². The van der Waals surface area contributed by atoms with Crippen molar-refractivity contribution < 1.29 is 9.90 Å². The van der Waals surface area contributed by atoms with Crippen LogP contribution in [-0.2, 0) is 0 Å². The molecule has 0 aliphatic heterocycles. The predicted molar refractivity (Wildman–Crippen MR) is 117 cm³/mol. The maximum Gasteiger partial charge on any atom is 0.185 e. The zero-order valence-electron chi connectivity index (χ0n) is 14.1. The number of halogens is 2. The van der Waals surface area contributed by atoms with Crippen molar-refractivity contribution >= 4 is 55.6 Å². The molecular formula is C22H15Br2NO2. The van der Waals surface area contributed by atoms with E-state index in [2.05, 4.69) is 36.9 Å². The van der Waals surface area contributed by atoms with Crippen LogP contribution in [0.3, 0.4) is 0 Å². The number of aromatic hydroxyl groups is 1. The van der Waals surface area contributed by atoms with Crippen LogP contribution in [0.25, 0.3) is 6.08 Å². The molecule has 0 spiro atoms. The first-order valence-electron chi connectivity index (χ1n) is 8.12. The van der Waals surface area contributed by atoms with E-state index in [0.717, 1.165) is 14.5 Å². The smallest absolute Gasteiger partial charge is 0.185 e. The fourth-order valence-corrected chi connectivity index (χ4v) is 3.00. The van der Waals surface area contributed by atoms with Gasteiger partial charge in [0.05, 0.1) is 5.69 Å².